The van der Waals surface area contributed by atoms with Gasteiger partial charge in [-0.25, -0.2) is 9.79 Å². The summed E-state index contributed by atoms with van der Waals surface area (Å²) in [4.78, 5) is 16.7. The molecule has 1 aliphatic rings. The third-order valence-corrected chi connectivity index (χ3v) is 4.99. The van der Waals surface area contributed by atoms with Crippen molar-refractivity contribution in [1.82, 2.24) is 0 Å². The Morgan fingerprint density at radius 1 is 0.968 bits per heavy atom. The Hall–Kier alpha value is -3.38. The molecule has 6 heteroatoms. The summed E-state index contributed by atoms with van der Waals surface area (Å²) in [6.07, 6.45) is 1.68. The number of ether oxygens (including phenoxy) is 3. The first-order valence-corrected chi connectivity index (χ1v) is 10.6. The molecule has 0 aliphatic carbocycles. The van der Waals surface area contributed by atoms with Crippen molar-refractivity contribution in [2.24, 2.45) is 4.99 Å². The lowest BCUT2D eigenvalue weighted by atomic mass is 10.1. The molecule has 0 atom stereocenters. The van der Waals surface area contributed by atoms with E-state index in [1.54, 1.807) is 6.08 Å². The molecule has 1 aliphatic heterocycles. The van der Waals surface area contributed by atoms with Gasteiger partial charge in [0.05, 0.1) is 6.61 Å². The number of hydrogen-bond acceptors (Lipinski definition) is 5. The maximum Gasteiger partial charge on any atom is 0.363 e. The molecule has 31 heavy (non-hydrogen) atoms. The molecule has 0 N–H and O–H groups in total. The van der Waals surface area contributed by atoms with E-state index in [1.807, 2.05) is 79.7 Å². The van der Waals surface area contributed by atoms with E-state index in [0.717, 1.165) is 21.2 Å². The fourth-order valence-electron chi connectivity index (χ4n) is 3.05. The van der Waals surface area contributed by atoms with Gasteiger partial charge in [-0.1, -0.05) is 58.4 Å². The largest absolute Gasteiger partial charge is 0.490 e. The van der Waals surface area contributed by atoms with E-state index >= 15 is 0 Å². The quantitative estimate of drug-likeness (QED) is 0.320. The predicted molar refractivity (Wildman–Crippen MR) is 123 cm³/mol. The molecular weight excluding hydrogens is 458 g/mol. The molecule has 3 aromatic rings. The number of carbonyl (C=O) groups is 1. The Morgan fingerprint density at radius 2 is 1.81 bits per heavy atom. The standard InChI is InChI=1S/C25H20BrNO4/c1-2-29-23-14-18(11-12-22(23)30-16-17-7-4-3-5-8-17)13-21-25(28)31-24(27-21)19-9-6-10-20(26)15-19/h3-15H,2,16H2,1H3/b21-13-. The molecule has 0 saturated carbocycles. The summed E-state index contributed by atoms with van der Waals surface area (Å²) in [5.41, 5.74) is 2.79. The number of rotatable bonds is 7. The zero-order valence-electron chi connectivity index (χ0n) is 16.9. The third-order valence-electron chi connectivity index (χ3n) is 4.50. The average molecular weight is 478 g/mol. The number of cyclic esters (lactones) is 1. The van der Waals surface area contributed by atoms with Crippen molar-refractivity contribution in [3.8, 4) is 11.5 Å². The van der Waals surface area contributed by atoms with Gasteiger partial charge in [0.1, 0.15) is 6.61 Å². The Bertz CT molecular complexity index is 1160. The van der Waals surface area contributed by atoms with Crippen LogP contribution >= 0.6 is 15.9 Å². The number of esters is 1. The monoisotopic (exact) mass is 477 g/mol. The first-order valence-electron chi connectivity index (χ1n) is 9.84. The summed E-state index contributed by atoms with van der Waals surface area (Å²) in [7, 11) is 0. The number of aliphatic imine (C=N–C) groups is 1. The van der Waals surface area contributed by atoms with Crippen LogP contribution in [0.1, 0.15) is 23.6 Å². The van der Waals surface area contributed by atoms with Crippen LogP contribution in [0.2, 0.25) is 0 Å². The number of nitrogens with zero attached hydrogens (tertiary/aromatic N) is 1. The van der Waals surface area contributed by atoms with Gasteiger partial charge in [0.2, 0.25) is 5.90 Å². The van der Waals surface area contributed by atoms with Gasteiger partial charge in [-0.15, -0.1) is 0 Å². The molecule has 0 amide bonds. The molecule has 0 aromatic heterocycles. The van der Waals surface area contributed by atoms with Crippen molar-refractivity contribution < 1.29 is 19.0 Å². The molecule has 3 aromatic carbocycles. The summed E-state index contributed by atoms with van der Waals surface area (Å²) in [5, 5.41) is 0. The van der Waals surface area contributed by atoms with Crippen LogP contribution in [0.25, 0.3) is 6.08 Å². The maximum absolute atomic E-state index is 12.3. The predicted octanol–water partition coefficient (Wildman–Crippen LogP) is 5.77. The first-order chi connectivity index (χ1) is 15.1. The molecule has 156 valence electrons. The van der Waals surface area contributed by atoms with Gasteiger partial charge in [-0.2, -0.15) is 0 Å². The van der Waals surface area contributed by atoms with Gasteiger partial charge in [-0.05, 0) is 54.5 Å². The van der Waals surface area contributed by atoms with E-state index in [1.165, 1.54) is 0 Å². The van der Waals surface area contributed by atoms with Crippen LogP contribution in [-0.2, 0) is 16.1 Å². The van der Waals surface area contributed by atoms with Crippen LogP contribution in [0.3, 0.4) is 0 Å². The third kappa shape index (κ3) is 5.22. The minimum absolute atomic E-state index is 0.232. The van der Waals surface area contributed by atoms with E-state index in [0.29, 0.717) is 24.7 Å². The molecule has 0 saturated heterocycles. The van der Waals surface area contributed by atoms with Gasteiger partial charge in [0.15, 0.2) is 17.2 Å². The summed E-state index contributed by atoms with van der Waals surface area (Å²) >= 11 is 3.41. The highest BCUT2D eigenvalue weighted by atomic mass is 79.9. The molecule has 0 unspecified atom stereocenters. The number of carbonyl (C=O) groups excluding carboxylic acids is 1. The fraction of sp³-hybridized carbons (Fsp3) is 0.120. The Kier molecular flexibility index (Phi) is 6.48. The van der Waals surface area contributed by atoms with Crippen LogP contribution in [-0.4, -0.2) is 18.5 Å². The highest BCUT2D eigenvalue weighted by molar-refractivity contribution is 9.10. The molecule has 0 fully saturated rings. The normalized spacial score (nSPS) is 14.3. The van der Waals surface area contributed by atoms with Crippen molar-refractivity contribution in [1.29, 1.82) is 0 Å². The van der Waals surface area contributed by atoms with Gasteiger partial charge in [0, 0.05) is 10.0 Å². The number of halogens is 1. The van der Waals surface area contributed by atoms with Gasteiger partial charge >= 0.3 is 5.97 Å². The average Bonchev–Trinajstić information content (AvgIpc) is 3.14. The molecule has 0 radical (unpaired) electrons. The van der Waals surface area contributed by atoms with E-state index in [4.69, 9.17) is 14.2 Å². The van der Waals surface area contributed by atoms with E-state index in [-0.39, 0.29) is 11.6 Å². The van der Waals surface area contributed by atoms with Gasteiger partial charge < -0.3 is 14.2 Å². The molecule has 0 spiro atoms. The zero-order valence-corrected chi connectivity index (χ0v) is 18.5. The first kappa shape index (κ1) is 20.9. The fourth-order valence-corrected chi connectivity index (χ4v) is 3.45. The molecule has 4 rings (SSSR count). The molecule has 1 heterocycles. The highest BCUT2D eigenvalue weighted by Crippen LogP contribution is 2.31. The van der Waals surface area contributed by atoms with E-state index < -0.39 is 5.97 Å². The zero-order chi connectivity index (χ0) is 21.6. The number of benzene rings is 3. The maximum atomic E-state index is 12.3. The minimum atomic E-state index is -0.489. The van der Waals surface area contributed by atoms with E-state index in [2.05, 4.69) is 20.9 Å². The van der Waals surface area contributed by atoms with Crippen molar-refractivity contribution >= 4 is 33.9 Å². The van der Waals surface area contributed by atoms with Crippen LogP contribution in [0.15, 0.2) is 88.0 Å². The van der Waals surface area contributed by atoms with Crippen LogP contribution < -0.4 is 9.47 Å². The second-order valence-electron chi connectivity index (χ2n) is 6.76. The van der Waals surface area contributed by atoms with Crippen molar-refractivity contribution in [3.05, 3.63) is 99.7 Å². The lowest BCUT2D eigenvalue weighted by molar-refractivity contribution is -0.129. The van der Waals surface area contributed by atoms with Gasteiger partial charge in [0.25, 0.3) is 0 Å². The summed E-state index contributed by atoms with van der Waals surface area (Å²) in [6.45, 7) is 2.85. The molecule has 0 bridgehead atoms. The highest BCUT2D eigenvalue weighted by Gasteiger charge is 2.24. The van der Waals surface area contributed by atoms with Crippen LogP contribution in [0.4, 0.5) is 0 Å². The van der Waals surface area contributed by atoms with Crippen molar-refractivity contribution in [2.45, 2.75) is 13.5 Å². The Labute approximate surface area is 189 Å². The Morgan fingerprint density at radius 3 is 2.58 bits per heavy atom. The summed E-state index contributed by atoms with van der Waals surface area (Å²) in [6, 6.07) is 22.9. The van der Waals surface area contributed by atoms with Crippen LogP contribution in [0, 0.1) is 0 Å². The van der Waals surface area contributed by atoms with Gasteiger partial charge in [-0.3, -0.25) is 0 Å². The lowest BCUT2D eigenvalue weighted by Crippen LogP contribution is -2.05. The van der Waals surface area contributed by atoms with Crippen molar-refractivity contribution in [2.75, 3.05) is 6.61 Å². The molecular formula is C25H20BrNO4. The Balaban J connectivity index is 1.57. The second kappa shape index (κ2) is 9.62. The summed E-state index contributed by atoms with van der Waals surface area (Å²) in [5.74, 6) is 1.04. The number of hydrogen-bond donors (Lipinski definition) is 0. The van der Waals surface area contributed by atoms with Crippen molar-refractivity contribution in [3.63, 3.8) is 0 Å². The van der Waals surface area contributed by atoms with Crippen LogP contribution in [0.5, 0.6) is 11.5 Å². The topological polar surface area (TPSA) is 57.1 Å². The molecule has 5 nitrogen and oxygen atoms in total. The second-order valence-corrected chi connectivity index (χ2v) is 7.68. The lowest BCUT2D eigenvalue weighted by Gasteiger charge is -2.12. The SMILES string of the molecule is CCOc1cc(/C=C2\N=C(c3cccc(Br)c3)OC2=O)ccc1OCc1ccccc1. The van der Waals surface area contributed by atoms with E-state index in [9.17, 15) is 4.79 Å². The minimum Gasteiger partial charge on any atom is -0.490 e. The smallest absolute Gasteiger partial charge is 0.363 e. The summed E-state index contributed by atoms with van der Waals surface area (Å²) < 4.78 is 17.9.